The lowest BCUT2D eigenvalue weighted by molar-refractivity contribution is -0.120. The molecule has 1 heterocycles. The first-order valence-electron chi connectivity index (χ1n) is 10.8. The molecule has 2 amide bonds. The third kappa shape index (κ3) is 4.28. The van der Waals surface area contributed by atoms with Crippen molar-refractivity contribution in [1.82, 2.24) is 0 Å². The van der Waals surface area contributed by atoms with Gasteiger partial charge in [-0.3, -0.25) is 9.59 Å². The Morgan fingerprint density at radius 1 is 0.844 bits per heavy atom. The lowest BCUT2D eigenvalue weighted by Crippen LogP contribution is -2.32. The standard InChI is InChI=1S/C27H26N2O3/c1-4-19-10-14-22(15-11-19)29-26(30)24(20-8-6-5-7-9-20)25(27(29)31)28-21-12-16-23(17-13-21)32-18(2)3/h5-18,28H,4H2,1-3H3. The van der Waals surface area contributed by atoms with Crippen molar-refractivity contribution in [1.29, 1.82) is 0 Å². The van der Waals surface area contributed by atoms with Crippen LogP contribution in [0.2, 0.25) is 0 Å². The summed E-state index contributed by atoms with van der Waals surface area (Å²) >= 11 is 0. The summed E-state index contributed by atoms with van der Waals surface area (Å²) in [5.74, 6) is 0.0302. The number of carbonyl (C=O) groups excluding carboxylic acids is 2. The Morgan fingerprint density at radius 2 is 1.50 bits per heavy atom. The van der Waals surface area contributed by atoms with Crippen molar-refractivity contribution in [2.24, 2.45) is 0 Å². The van der Waals surface area contributed by atoms with Crippen LogP contribution < -0.4 is 15.0 Å². The maximum atomic E-state index is 13.4. The van der Waals surface area contributed by atoms with Crippen molar-refractivity contribution in [2.45, 2.75) is 33.3 Å². The number of rotatable bonds is 7. The molecule has 1 N–H and O–H groups in total. The molecule has 1 aliphatic heterocycles. The van der Waals surface area contributed by atoms with Gasteiger partial charge in [0.05, 0.1) is 17.4 Å². The molecule has 0 radical (unpaired) electrons. The molecule has 0 fully saturated rings. The normalized spacial score (nSPS) is 13.8. The van der Waals surface area contributed by atoms with E-state index in [1.165, 1.54) is 4.90 Å². The van der Waals surface area contributed by atoms with Gasteiger partial charge in [-0.1, -0.05) is 49.4 Å². The van der Waals surface area contributed by atoms with Gasteiger partial charge in [0.25, 0.3) is 11.8 Å². The molecule has 3 aromatic carbocycles. The second-order valence-electron chi connectivity index (χ2n) is 7.90. The lowest BCUT2D eigenvalue weighted by atomic mass is 10.0. The molecular weight excluding hydrogens is 400 g/mol. The molecule has 1 aliphatic rings. The van der Waals surface area contributed by atoms with E-state index in [4.69, 9.17) is 4.74 Å². The molecule has 0 saturated heterocycles. The predicted molar refractivity (Wildman–Crippen MR) is 128 cm³/mol. The van der Waals surface area contributed by atoms with Crippen molar-refractivity contribution >= 4 is 28.8 Å². The maximum Gasteiger partial charge on any atom is 0.282 e. The zero-order chi connectivity index (χ0) is 22.7. The van der Waals surface area contributed by atoms with E-state index in [1.807, 2.05) is 92.7 Å². The van der Waals surface area contributed by atoms with Crippen molar-refractivity contribution in [3.63, 3.8) is 0 Å². The molecule has 5 nitrogen and oxygen atoms in total. The highest BCUT2D eigenvalue weighted by molar-refractivity contribution is 6.46. The molecule has 0 atom stereocenters. The number of aryl methyl sites for hydroxylation is 1. The number of ether oxygens (including phenoxy) is 1. The Kier molecular flexibility index (Phi) is 6.08. The van der Waals surface area contributed by atoms with Gasteiger partial charge < -0.3 is 10.1 Å². The Balaban J connectivity index is 1.71. The fourth-order valence-electron chi connectivity index (χ4n) is 3.67. The molecule has 162 valence electrons. The van der Waals surface area contributed by atoms with E-state index in [2.05, 4.69) is 12.2 Å². The quantitative estimate of drug-likeness (QED) is 0.512. The number of anilines is 2. The van der Waals surface area contributed by atoms with Crippen LogP contribution in [0.3, 0.4) is 0 Å². The minimum Gasteiger partial charge on any atom is -0.491 e. The van der Waals surface area contributed by atoms with Crippen LogP contribution in [0.4, 0.5) is 11.4 Å². The Bertz CT molecular complexity index is 1150. The molecule has 0 aromatic heterocycles. The van der Waals surface area contributed by atoms with Crippen LogP contribution >= 0.6 is 0 Å². The van der Waals surface area contributed by atoms with Gasteiger partial charge in [0.15, 0.2) is 0 Å². The summed E-state index contributed by atoms with van der Waals surface area (Å²) in [4.78, 5) is 28.1. The molecule has 0 unspecified atom stereocenters. The Morgan fingerprint density at radius 3 is 2.09 bits per heavy atom. The highest BCUT2D eigenvalue weighted by Crippen LogP contribution is 2.34. The monoisotopic (exact) mass is 426 g/mol. The van der Waals surface area contributed by atoms with E-state index in [0.29, 0.717) is 22.5 Å². The fraction of sp³-hybridized carbons (Fsp3) is 0.185. The Hall–Kier alpha value is -3.86. The van der Waals surface area contributed by atoms with E-state index in [9.17, 15) is 9.59 Å². The summed E-state index contributed by atoms with van der Waals surface area (Å²) in [5, 5.41) is 3.18. The lowest BCUT2D eigenvalue weighted by Gasteiger charge is -2.16. The van der Waals surface area contributed by atoms with Crippen molar-refractivity contribution < 1.29 is 14.3 Å². The summed E-state index contributed by atoms with van der Waals surface area (Å²) in [6, 6.07) is 24.1. The number of imide groups is 1. The highest BCUT2D eigenvalue weighted by atomic mass is 16.5. The summed E-state index contributed by atoms with van der Waals surface area (Å²) in [6.45, 7) is 6.00. The van der Waals surface area contributed by atoms with Crippen LogP contribution in [0.15, 0.2) is 84.6 Å². The molecule has 0 aliphatic carbocycles. The van der Waals surface area contributed by atoms with Gasteiger partial charge in [0.2, 0.25) is 0 Å². The average Bonchev–Trinajstić information content (AvgIpc) is 3.04. The van der Waals surface area contributed by atoms with E-state index in [-0.39, 0.29) is 23.6 Å². The number of nitrogens with one attached hydrogen (secondary N) is 1. The first-order valence-corrected chi connectivity index (χ1v) is 10.8. The third-order valence-electron chi connectivity index (χ3n) is 5.24. The minimum atomic E-state index is -0.374. The Labute approximate surface area is 188 Å². The van der Waals surface area contributed by atoms with E-state index >= 15 is 0 Å². The summed E-state index contributed by atoms with van der Waals surface area (Å²) in [6.07, 6.45) is 0.960. The number of nitrogens with zero attached hydrogens (tertiary/aromatic N) is 1. The predicted octanol–water partition coefficient (Wildman–Crippen LogP) is 5.43. The first-order chi connectivity index (χ1) is 15.5. The van der Waals surface area contributed by atoms with Gasteiger partial charge in [-0.2, -0.15) is 0 Å². The zero-order valence-corrected chi connectivity index (χ0v) is 18.5. The molecule has 5 heteroatoms. The van der Waals surface area contributed by atoms with Crippen molar-refractivity contribution in [3.05, 3.63) is 95.7 Å². The van der Waals surface area contributed by atoms with Crippen LogP contribution in [0.5, 0.6) is 5.75 Å². The molecule has 3 aromatic rings. The van der Waals surface area contributed by atoms with E-state index < -0.39 is 0 Å². The van der Waals surface area contributed by atoms with E-state index in [1.54, 1.807) is 0 Å². The molecular formula is C27H26N2O3. The highest BCUT2D eigenvalue weighted by Gasteiger charge is 2.40. The molecule has 0 saturated carbocycles. The van der Waals surface area contributed by atoms with Crippen LogP contribution in [0, 0.1) is 0 Å². The smallest absolute Gasteiger partial charge is 0.282 e. The van der Waals surface area contributed by atoms with Crippen LogP contribution in [-0.2, 0) is 16.0 Å². The van der Waals surface area contributed by atoms with Gasteiger partial charge >= 0.3 is 0 Å². The second kappa shape index (κ2) is 9.10. The second-order valence-corrected chi connectivity index (χ2v) is 7.90. The van der Waals surface area contributed by atoms with E-state index in [0.717, 1.165) is 17.7 Å². The summed E-state index contributed by atoms with van der Waals surface area (Å²) in [5.41, 5.74) is 3.72. The zero-order valence-electron chi connectivity index (χ0n) is 18.5. The molecule has 0 spiro atoms. The van der Waals surface area contributed by atoms with Gasteiger partial charge in [-0.05, 0) is 67.8 Å². The molecule has 32 heavy (non-hydrogen) atoms. The number of hydrogen-bond acceptors (Lipinski definition) is 4. The maximum absolute atomic E-state index is 13.4. The van der Waals surface area contributed by atoms with Crippen molar-refractivity contribution in [3.8, 4) is 5.75 Å². The number of benzene rings is 3. The SMILES string of the molecule is CCc1ccc(N2C(=O)C(Nc3ccc(OC(C)C)cc3)=C(c3ccccc3)C2=O)cc1. The average molecular weight is 427 g/mol. The fourth-order valence-corrected chi connectivity index (χ4v) is 3.67. The third-order valence-corrected chi connectivity index (χ3v) is 5.24. The first kappa shape index (κ1) is 21.4. The summed E-state index contributed by atoms with van der Waals surface area (Å²) in [7, 11) is 0. The number of hydrogen-bond donors (Lipinski definition) is 1. The van der Waals surface area contributed by atoms with Gasteiger partial charge in [0, 0.05) is 5.69 Å². The topological polar surface area (TPSA) is 58.6 Å². The minimum absolute atomic E-state index is 0.0721. The van der Waals surface area contributed by atoms with Crippen LogP contribution in [0.1, 0.15) is 31.9 Å². The summed E-state index contributed by atoms with van der Waals surface area (Å²) < 4.78 is 5.69. The van der Waals surface area contributed by atoms with Gasteiger partial charge in [-0.25, -0.2) is 4.90 Å². The van der Waals surface area contributed by atoms with Crippen molar-refractivity contribution in [2.75, 3.05) is 10.2 Å². The van der Waals surface area contributed by atoms with Gasteiger partial charge in [-0.15, -0.1) is 0 Å². The van der Waals surface area contributed by atoms with Gasteiger partial charge in [0.1, 0.15) is 11.4 Å². The molecule has 0 bridgehead atoms. The molecule has 4 rings (SSSR count). The number of carbonyl (C=O) groups is 2. The van der Waals surface area contributed by atoms with Crippen LogP contribution in [0.25, 0.3) is 5.57 Å². The number of amides is 2. The van der Waals surface area contributed by atoms with Crippen LogP contribution in [-0.4, -0.2) is 17.9 Å². The largest absolute Gasteiger partial charge is 0.491 e.